The van der Waals surface area contributed by atoms with Crippen LogP contribution in [0, 0.1) is 5.92 Å². The van der Waals surface area contributed by atoms with Gasteiger partial charge in [0, 0.05) is 13.1 Å². The van der Waals surface area contributed by atoms with Crippen LogP contribution in [-0.4, -0.2) is 47.1 Å². The number of hydrogen-bond donors (Lipinski definition) is 2. The lowest BCUT2D eigenvalue weighted by Crippen LogP contribution is -2.59. The van der Waals surface area contributed by atoms with Crippen LogP contribution >= 0.6 is 0 Å². The molecule has 0 aromatic rings. The monoisotopic (exact) mass is 242 g/mol. The number of rotatable bonds is 5. The van der Waals surface area contributed by atoms with Crippen molar-refractivity contribution >= 4 is 12.3 Å². The van der Waals surface area contributed by atoms with Gasteiger partial charge >= 0.3 is 0 Å². The first-order valence-corrected chi connectivity index (χ1v) is 6.12. The highest BCUT2D eigenvalue weighted by Gasteiger charge is 2.42. The summed E-state index contributed by atoms with van der Waals surface area (Å²) in [4.78, 5) is 24.5. The third-order valence-corrected chi connectivity index (χ3v) is 3.65. The van der Waals surface area contributed by atoms with Crippen LogP contribution in [0.5, 0.6) is 0 Å². The molecule has 0 spiro atoms. The number of carbonyl (C=O) groups is 2. The molecule has 2 amide bonds. The van der Waals surface area contributed by atoms with Crippen LogP contribution in [0.3, 0.4) is 0 Å². The molecule has 0 unspecified atom stereocenters. The van der Waals surface area contributed by atoms with Gasteiger partial charge in [0.1, 0.15) is 6.04 Å². The molecule has 5 nitrogen and oxygen atoms in total. The Morgan fingerprint density at radius 2 is 1.94 bits per heavy atom. The lowest BCUT2D eigenvalue weighted by atomic mass is 9.84. The summed E-state index contributed by atoms with van der Waals surface area (Å²) in [6.45, 7) is 6.67. The summed E-state index contributed by atoms with van der Waals surface area (Å²) in [5, 5.41) is 12.8. The molecule has 2 atom stereocenters. The summed E-state index contributed by atoms with van der Waals surface area (Å²) in [5.41, 5.74) is -1.24. The van der Waals surface area contributed by atoms with Crippen molar-refractivity contribution in [2.45, 2.75) is 45.3 Å². The minimum Gasteiger partial charge on any atom is -0.387 e. The Balaban J connectivity index is 2.83. The molecule has 17 heavy (non-hydrogen) atoms. The normalized spacial score (nSPS) is 21.1. The molecule has 2 N–H and O–H groups in total. The first kappa shape index (κ1) is 14.0. The molecule has 1 aliphatic heterocycles. The molecule has 1 heterocycles. The van der Waals surface area contributed by atoms with E-state index in [-0.39, 0.29) is 11.8 Å². The van der Waals surface area contributed by atoms with Crippen molar-refractivity contribution in [3.63, 3.8) is 0 Å². The molecule has 0 aromatic heterocycles. The summed E-state index contributed by atoms with van der Waals surface area (Å²) < 4.78 is 0. The molecule has 0 aromatic carbocycles. The third-order valence-electron chi connectivity index (χ3n) is 3.65. The molecule has 1 saturated heterocycles. The van der Waals surface area contributed by atoms with Gasteiger partial charge in [-0.3, -0.25) is 9.59 Å². The van der Waals surface area contributed by atoms with Gasteiger partial charge in [0.25, 0.3) is 0 Å². The van der Waals surface area contributed by atoms with Gasteiger partial charge < -0.3 is 15.3 Å². The summed E-state index contributed by atoms with van der Waals surface area (Å²) in [5.74, 6) is -0.306. The Labute approximate surface area is 102 Å². The maximum atomic E-state index is 12.2. The molecular weight excluding hydrogens is 220 g/mol. The van der Waals surface area contributed by atoms with E-state index in [1.807, 2.05) is 13.8 Å². The highest BCUT2D eigenvalue weighted by molar-refractivity contribution is 5.85. The molecule has 0 radical (unpaired) electrons. The van der Waals surface area contributed by atoms with Crippen molar-refractivity contribution in [1.29, 1.82) is 0 Å². The minimum atomic E-state index is -1.24. The first-order valence-electron chi connectivity index (χ1n) is 6.12. The Bertz CT molecular complexity index is 283. The van der Waals surface area contributed by atoms with Crippen LogP contribution < -0.4 is 5.32 Å². The lowest BCUT2D eigenvalue weighted by molar-refractivity contribution is -0.143. The number of nitrogens with one attached hydrogen (secondary N) is 1. The highest BCUT2D eigenvalue weighted by atomic mass is 16.3. The number of aliphatic hydroxyl groups is 1. The smallest absolute Gasteiger partial charge is 0.248 e. The topological polar surface area (TPSA) is 69.6 Å². The average molecular weight is 242 g/mol. The Hall–Kier alpha value is -1.10. The standard InChI is InChI=1S/C12H22N2O3/c1-9(2)12(3,17)10(13-8-15)11(16)14-6-4-5-7-14/h8-10,17H,4-7H2,1-3H3,(H,13,15)/t10-,12-/m1/s1. The number of carbonyl (C=O) groups excluding carboxylic acids is 2. The fourth-order valence-corrected chi connectivity index (χ4v) is 2.01. The molecule has 1 fully saturated rings. The van der Waals surface area contributed by atoms with Crippen LogP contribution in [0.2, 0.25) is 0 Å². The molecule has 5 heteroatoms. The predicted molar refractivity (Wildman–Crippen MR) is 64.3 cm³/mol. The maximum absolute atomic E-state index is 12.2. The van der Waals surface area contributed by atoms with Crippen molar-refractivity contribution in [3.05, 3.63) is 0 Å². The largest absolute Gasteiger partial charge is 0.387 e. The second-order valence-corrected chi connectivity index (χ2v) is 5.13. The van der Waals surface area contributed by atoms with E-state index in [1.54, 1.807) is 11.8 Å². The zero-order chi connectivity index (χ0) is 13.1. The minimum absolute atomic E-state index is 0.119. The molecule has 1 aliphatic rings. The molecule has 0 bridgehead atoms. The van der Waals surface area contributed by atoms with E-state index >= 15 is 0 Å². The lowest BCUT2D eigenvalue weighted by Gasteiger charge is -2.36. The Kier molecular flexibility index (Phi) is 4.51. The van der Waals surface area contributed by atoms with Crippen molar-refractivity contribution in [3.8, 4) is 0 Å². The van der Waals surface area contributed by atoms with Gasteiger partial charge in [-0.25, -0.2) is 0 Å². The van der Waals surface area contributed by atoms with Crippen molar-refractivity contribution < 1.29 is 14.7 Å². The SMILES string of the molecule is CC(C)[C@@](C)(O)[C@H](NC=O)C(=O)N1CCCC1. The second kappa shape index (κ2) is 5.49. The van der Waals surface area contributed by atoms with Crippen LogP contribution in [0.1, 0.15) is 33.6 Å². The van der Waals surface area contributed by atoms with Gasteiger partial charge in [0.15, 0.2) is 0 Å². The predicted octanol–water partition coefficient (Wildman–Crippen LogP) is 0.130. The summed E-state index contributed by atoms with van der Waals surface area (Å²) in [6.07, 6.45) is 2.46. The molecule has 0 saturated carbocycles. The van der Waals surface area contributed by atoms with E-state index in [4.69, 9.17) is 0 Å². The molecule has 98 valence electrons. The Morgan fingerprint density at radius 3 is 2.35 bits per heavy atom. The third kappa shape index (κ3) is 2.97. The van der Waals surface area contributed by atoms with Gasteiger partial charge in [-0.1, -0.05) is 13.8 Å². The number of likely N-dealkylation sites (tertiary alicyclic amines) is 1. The van der Waals surface area contributed by atoms with Crippen LogP contribution in [0.4, 0.5) is 0 Å². The van der Waals surface area contributed by atoms with E-state index in [2.05, 4.69) is 5.32 Å². The van der Waals surface area contributed by atoms with Gasteiger partial charge in [0.05, 0.1) is 5.60 Å². The average Bonchev–Trinajstić information content (AvgIpc) is 2.77. The van der Waals surface area contributed by atoms with Gasteiger partial charge in [-0.2, -0.15) is 0 Å². The van der Waals surface area contributed by atoms with Crippen LogP contribution in [0.25, 0.3) is 0 Å². The van der Waals surface area contributed by atoms with Crippen molar-refractivity contribution in [1.82, 2.24) is 10.2 Å². The number of nitrogens with zero attached hydrogens (tertiary/aromatic N) is 1. The van der Waals surface area contributed by atoms with Crippen molar-refractivity contribution in [2.75, 3.05) is 13.1 Å². The molecule has 0 aliphatic carbocycles. The van der Waals surface area contributed by atoms with Gasteiger partial charge in [-0.05, 0) is 25.7 Å². The van der Waals surface area contributed by atoms with Crippen LogP contribution in [0.15, 0.2) is 0 Å². The summed E-state index contributed by atoms with van der Waals surface area (Å²) in [7, 11) is 0. The zero-order valence-electron chi connectivity index (χ0n) is 10.8. The zero-order valence-corrected chi connectivity index (χ0v) is 10.8. The van der Waals surface area contributed by atoms with E-state index in [9.17, 15) is 14.7 Å². The van der Waals surface area contributed by atoms with E-state index < -0.39 is 11.6 Å². The summed E-state index contributed by atoms with van der Waals surface area (Å²) >= 11 is 0. The molecule has 1 rings (SSSR count). The van der Waals surface area contributed by atoms with E-state index in [0.29, 0.717) is 19.5 Å². The van der Waals surface area contributed by atoms with Crippen molar-refractivity contribution in [2.24, 2.45) is 5.92 Å². The summed E-state index contributed by atoms with van der Waals surface area (Å²) in [6, 6.07) is -0.863. The maximum Gasteiger partial charge on any atom is 0.248 e. The first-order chi connectivity index (χ1) is 7.91. The fraction of sp³-hybridized carbons (Fsp3) is 0.833. The number of amides is 2. The van der Waals surface area contributed by atoms with E-state index in [1.165, 1.54) is 0 Å². The Morgan fingerprint density at radius 1 is 1.41 bits per heavy atom. The van der Waals surface area contributed by atoms with Crippen LogP contribution in [-0.2, 0) is 9.59 Å². The molecular formula is C12H22N2O3. The van der Waals surface area contributed by atoms with Gasteiger partial charge in [-0.15, -0.1) is 0 Å². The fourth-order valence-electron chi connectivity index (χ4n) is 2.01. The van der Waals surface area contributed by atoms with E-state index in [0.717, 1.165) is 12.8 Å². The number of hydrogen-bond acceptors (Lipinski definition) is 3. The second-order valence-electron chi connectivity index (χ2n) is 5.13. The quantitative estimate of drug-likeness (QED) is 0.673. The highest BCUT2D eigenvalue weighted by Crippen LogP contribution is 2.23. The van der Waals surface area contributed by atoms with Gasteiger partial charge in [0.2, 0.25) is 12.3 Å².